The van der Waals surface area contributed by atoms with Crippen molar-refractivity contribution in [3.8, 4) is 11.1 Å². The van der Waals surface area contributed by atoms with Gasteiger partial charge >= 0.3 is 0 Å². The summed E-state index contributed by atoms with van der Waals surface area (Å²) in [4.78, 5) is 63.3. The van der Waals surface area contributed by atoms with E-state index in [1.807, 2.05) is 24.3 Å². The molecule has 3 heterocycles. The first-order valence-corrected chi connectivity index (χ1v) is 12.5. The standard InChI is InChI=1S/C26H20ClN3O5S/c27-21-9-8-20(36-21)24(33)28-12-11-14-1-3-15(4-2-14)16-5-6-17-18(13-16)26(35)30(25(17)34)19-7-10-22(31)29-23(19)32/h1-6,8-9,13,19H,7,10-12H2,(H,28,33)(H,29,31,32). The number of carbonyl (C=O) groups excluding carboxylic acids is 5. The molecule has 0 radical (unpaired) electrons. The number of piperidine rings is 1. The van der Waals surface area contributed by atoms with Crippen LogP contribution in [-0.4, -0.2) is 47.0 Å². The Morgan fingerprint density at radius 3 is 2.39 bits per heavy atom. The number of carbonyl (C=O) groups is 5. The minimum absolute atomic E-state index is 0.0769. The molecule has 2 aromatic carbocycles. The van der Waals surface area contributed by atoms with E-state index in [-0.39, 0.29) is 29.9 Å². The van der Waals surface area contributed by atoms with Gasteiger partial charge in [-0.1, -0.05) is 41.9 Å². The summed E-state index contributed by atoms with van der Waals surface area (Å²) in [6, 6.07) is 15.1. The Balaban J connectivity index is 1.25. The number of nitrogens with one attached hydrogen (secondary N) is 2. The van der Waals surface area contributed by atoms with Gasteiger partial charge < -0.3 is 5.32 Å². The Hall–Kier alpha value is -3.82. The maximum atomic E-state index is 13.0. The molecule has 36 heavy (non-hydrogen) atoms. The molecule has 1 unspecified atom stereocenters. The summed E-state index contributed by atoms with van der Waals surface area (Å²) in [5.41, 5.74) is 3.13. The Morgan fingerprint density at radius 1 is 0.972 bits per heavy atom. The van der Waals surface area contributed by atoms with E-state index in [9.17, 15) is 24.0 Å². The summed E-state index contributed by atoms with van der Waals surface area (Å²) < 4.78 is 0.567. The lowest BCUT2D eigenvalue weighted by molar-refractivity contribution is -0.136. The van der Waals surface area contributed by atoms with Crippen molar-refractivity contribution in [3.63, 3.8) is 0 Å². The van der Waals surface area contributed by atoms with Crippen molar-refractivity contribution in [3.05, 3.63) is 80.5 Å². The van der Waals surface area contributed by atoms with E-state index in [1.165, 1.54) is 11.3 Å². The lowest BCUT2D eigenvalue weighted by Crippen LogP contribution is -2.54. The zero-order valence-corrected chi connectivity index (χ0v) is 20.4. The number of imide groups is 2. The summed E-state index contributed by atoms with van der Waals surface area (Å²) in [7, 11) is 0. The Morgan fingerprint density at radius 2 is 1.69 bits per heavy atom. The molecule has 2 aliphatic rings. The number of halogens is 1. The minimum Gasteiger partial charge on any atom is -0.351 e. The predicted octanol–water partition coefficient (Wildman–Crippen LogP) is 3.44. The highest BCUT2D eigenvalue weighted by molar-refractivity contribution is 7.18. The van der Waals surface area contributed by atoms with Crippen LogP contribution in [0.4, 0.5) is 0 Å². The van der Waals surface area contributed by atoms with Gasteiger partial charge in [0.2, 0.25) is 11.8 Å². The molecule has 10 heteroatoms. The van der Waals surface area contributed by atoms with Gasteiger partial charge in [-0.25, -0.2) is 0 Å². The third kappa shape index (κ3) is 4.55. The molecule has 5 amide bonds. The summed E-state index contributed by atoms with van der Waals surface area (Å²) in [6.07, 6.45) is 0.836. The van der Waals surface area contributed by atoms with Crippen LogP contribution in [0.5, 0.6) is 0 Å². The fourth-order valence-corrected chi connectivity index (χ4v) is 5.32. The van der Waals surface area contributed by atoms with Crippen LogP contribution in [0.2, 0.25) is 4.34 Å². The molecule has 2 aliphatic heterocycles. The lowest BCUT2D eigenvalue weighted by Gasteiger charge is -2.27. The second-order valence-corrected chi connectivity index (χ2v) is 10.2. The van der Waals surface area contributed by atoms with Crippen molar-refractivity contribution in [1.29, 1.82) is 0 Å². The molecule has 0 aliphatic carbocycles. The summed E-state index contributed by atoms with van der Waals surface area (Å²) in [5.74, 6) is -2.27. The summed E-state index contributed by atoms with van der Waals surface area (Å²) in [5, 5.41) is 5.07. The van der Waals surface area contributed by atoms with E-state index in [0.717, 1.165) is 21.6 Å². The van der Waals surface area contributed by atoms with Crippen LogP contribution in [-0.2, 0) is 16.0 Å². The predicted molar refractivity (Wildman–Crippen MR) is 134 cm³/mol. The number of thiophene rings is 1. The topological polar surface area (TPSA) is 113 Å². The van der Waals surface area contributed by atoms with E-state index in [2.05, 4.69) is 10.6 Å². The van der Waals surface area contributed by atoms with Crippen molar-refractivity contribution in [2.45, 2.75) is 25.3 Å². The fraction of sp³-hybridized carbons (Fsp3) is 0.192. The molecular weight excluding hydrogens is 502 g/mol. The van der Waals surface area contributed by atoms with Gasteiger partial charge in [0.1, 0.15) is 6.04 Å². The van der Waals surface area contributed by atoms with Crippen LogP contribution >= 0.6 is 22.9 Å². The van der Waals surface area contributed by atoms with Crippen molar-refractivity contribution in [1.82, 2.24) is 15.5 Å². The molecule has 1 aromatic heterocycles. The molecule has 0 saturated carbocycles. The maximum Gasteiger partial charge on any atom is 0.262 e. The molecule has 3 aromatic rings. The molecule has 1 fully saturated rings. The van der Waals surface area contributed by atoms with Crippen molar-refractivity contribution in [2.24, 2.45) is 0 Å². The highest BCUT2D eigenvalue weighted by Crippen LogP contribution is 2.31. The maximum absolute atomic E-state index is 13.0. The largest absolute Gasteiger partial charge is 0.351 e. The minimum atomic E-state index is -0.991. The average Bonchev–Trinajstić information content (AvgIpc) is 3.41. The van der Waals surface area contributed by atoms with Crippen molar-refractivity contribution in [2.75, 3.05) is 6.54 Å². The number of fused-ring (bicyclic) bond motifs is 1. The van der Waals surface area contributed by atoms with Crippen molar-refractivity contribution < 1.29 is 24.0 Å². The second kappa shape index (κ2) is 9.67. The van der Waals surface area contributed by atoms with Gasteiger partial charge in [0.05, 0.1) is 20.3 Å². The molecule has 2 N–H and O–H groups in total. The molecule has 8 nitrogen and oxygen atoms in total. The summed E-state index contributed by atoms with van der Waals surface area (Å²) >= 11 is 7.10. The van der Waals surface area contributed by atoms with Crippen LogP contribution in [0.25, 0.3) is 11.1 Å². The van der Waals surface area contributed by atoms with Gasteiger partial charge in [0.15, 0.2) is 0 Å². The molecule has 0 spiro atoms. The number of benzene rings is 2. The lowest BCUT2D eigenvalue weighted by atomic mass is 9.99. The highest BCUT2D eigenvalue weighted by atomic mass is 35.5. The molecule has 182 valence electrons. The smallest absolute Gasteiger partial charge is 0.262 e. The SMILES string of the molecule is O=C1CCC(N2C(=O)c3ccc(-c4ccc(CCNC(=O)c5ccc(Cl)s5)cc4)cc3C2=O)C(=O)N1. The third-order valence-corrected chi connectivity index (χ3v) is 7.45. The van der Waals surface area contributed by atoms with Crippen LogP contribution < -0.4 is 10.6 Å². The molecule has 0 bridgehead atoms. The van der Waals surface area contributed by atoms with Gasteiger partial charge in [0, 0.05) is 13.0 Å². The van der Waals surface area contributed by atoms with Gasteiger partial charge in [-0.05, 0) is 53.8 Å². The van der Waals surface area contributed by atoms with Crippen molar-refractivity contribution >= 4 is 52.5 Å². The van der Waals surface area contributed by atoms with Gasteiger partial charge in [-0.2, -0.15) is 0 Å². The van der Waals surface area contributed by atoms with Gasteiger partial charge in [0.25, 0.3) is 17.7 Å². The first kappa shape index (κ1) is 23.9. The van der Waals surface area contributed by atoms with Gasteiger partial charge in [-0.3, -0.25) is 34.2 Å². The zero-order chi connectivity index (χ0) is 25.4. The monoisotopic (exact) mass is 521 g/mol. The Kier molecular flexibility index (Phi) is 6.42. The molecule has 1 atom stereocenters. The molecular formula is C26H20ClN3O5S. The van der Waals surface area contributed by atoms with Gasteiger partial charge in [-0.15, -0.1) is 11.3 Å². The van der Waals surface area contributed by atoms with E-state index in [1.54, 1.807) is 30.3 Å². The Bertz CT molecular complexity index is 1420. The first-order chi connectivity index (χ1) is 17.3. The fourth-order valence-electron chi connectivity index (χ4n) is 4.36. The average molecular weight is 522 g/mol. The number of nitrogens with zero attached hydrogens (tertiary/aromatic N) is 1. The highest BCUT2D eigenvalue weighted by Gasteiger charge is 2.44. The normalized spacial score (nSPS) is 17.2. The number of amides is 5. The Labute approximate surface area is 215 Å². The van der Waals surface area contributed by atoms with Crippen LogP contribution in [0, 0.1) is 0 Å². The van der Waals surface area contributed by atoms with E-state index in [0.29, 0.717) is 22.2 Å². The molecule has 5 rings (SSSR count). The second-order valence-electron chi connectivity index (χ2n) is 8.51. The summed E-state index contributed by atoms with van der Waals surface area (Å²) in [6.45, 7) is 0.472. The van der Waals surface area contributed by atoms with Crippen LogP contribution in [0.15, 0.2) is 54.6 Å². The van der Waals surface area contributed by atoms with Crippen LogP contribution in [0.3, 0.4) is 0 Å². The van der Waals surface area contributed by atoms with Crippen LogP contribution in [0.1, 0.15) is 48.8 Å². The van der Waals surface area contributed by atoms with E-state index in [4.69, 9.17) is 11.6 Å². The van der Waals surface area contributed by atoms with E-state index >= 15 is 0 Å². The first-order valence-electron chi connectivity index (χ1n) is 11.3. The third-order valence-electron chi connectivity index (χ3n) is 6.22. The quantitative estimate of drug-likeness (QED) is 0.482. The number of hydrogen-bond acceptors (Lipinski definition) is 6. The number of rotatable bonds is 6. The molecule has 1 saturated heterocycles. The zero-order valence-electron chi connectivity index (χ0n) is 18.9. The van der Waals surface area contributed by atoms with E-state index < -0.39 is 29.7 Å². The number of hydrogen-bond donors (Lipinski definition) is 2.